The smallest absolute Gasteiger partial charge is 2.00 e. The van der Waals surface area contributed by atoms with Gasteiger partial charge in [0.2, 0.25) is 0 Å². The van der Waals surface area contributed by atoms with Gasteiger partial charge in [-0.05, 0) is 0 Å². The van der Waals surface area contributed by atoms with Gasteiger partial charge in [-0.15, -0.1) is 0 Å². The van der Waals surface area contributed by atoms with Gasteiger partial charge in [-0.1, -0.05) is 0 Å². The third-order valence-electron chi connectivity index (χ3n) is 0. The zero-order chi connectivity index (χ0) is 0. The minimum atomic E-state index is 0. The van der Waals surface area contributed by atoms with Crippen LogP contribution >= 0.6 is 0 Å². The molecule has 0 spiro atoms. The maximum Gasteiger partial charge on any atom is 6.00 e. The number of rotatable bonds is 0. The van der Waals surface area contributed by atoms with Gasteiger partial charge in [0.15, 0.2) is 0 Å². The molecular formula is CoNiO3W. The van der Waals surface area contributed by atoms with Crippen LogP contribution in [-0.2, 0) is 70.8 Å². The van der Waals surface area contributed by atoms with Crippen LogP contribution in [0.5, 0.6) is 0 Å². The topological polar surface area (TPSA) is 85.5 Å². The fourth-order valence-electron chi connectivity index (χ4n) is 0. The zero-order valence-corrected chi connectivity index (χ0v) is 7.24. The SMILES string of the molecule is [Co].[Ni].[O-2].[O-2].[O-2].[W+6]. The zero-order valence-electron chi connectivity index (χ0n) is 2.28. The second-order valence-corrected chi connectivity index (χ2v) is 0. The summed E-state index contributed by atoms with van der Waals surface area (Å²) in [5, 5.41) is 0. The first-order valence-electron chi connectivity index (χ1n) is 0. The van der Waals surface area contributed by atoms with Crippen molar-refractivity contribution in [2.75, 3.05) is 0 Å². The molecule has 0 bridgehead atoms. The predicted molar refractivity (Wildman–Crippen MR) is 2.06 cm³/mol. The van der Waals surface area contributed by atoms with Crippen LogP contribution in [0.15, 0.2) is 0 Å². The van der Waals surface area contributed by atoms with Crippen molar-refractivity contribution in [2.45, 2.75) is 0 Å². The van der Waals surface area contributed by atoms with Crippen LogP contribution in [0.25, 0.3) is 0 Å². The van der Waals surface area contributed by atoms with Crippen LogP contribution in [0.1, 0.15) is 0 Å². The van der Waals surface area contributed by atoms with Gasteiger partial charge in [0.1, 0.15) is 0 Å². The summed E-state index contributed by atoms with van der Waals surface area (Å²) in [6.07, 6.45) is 0. The molecule has 0 rings (SSSR count). The molecule has 0 N–H and O–H groups in total. The molecule has 0 aliphatic carbocycles. The second kappa shape index (κ2) is 82.8. The molecule has 0 aromatic heterocycles. The van der Waals surface area contributed by atoms with Gasteiger partial charge in [0.25, 0.3) is 0 Å². The number of hydrogen-bond acceptors (Lipinski definition) is 0. The van der Waals surface area contributed by atoms with Gasteiger partial charge >= 0.3 is 21.1 Å². The van der Waals surface area contributed by atoms with Gasteiger partial charge in [0.05, 0.1) is 0 Å². The van der Waals surface area contributed by atoms with Crippen molar-refractivity contribution in [3.8, 4) is 0 Å². The first-order chi connectivity index (χ1) is 0. The molecule has 43 valence electrons. The summed E-state index contributed by atoms with van der Waals surface area (Å²) < 4.78 is 0. The van der Waals surface area contributed by atoms with E-state index < -0.39 is 0 Å². The van der Waals surface area contributed by atoms with Crippen LogP contribution in [0.2, 0.25) is 0 Å². The molecule has 6 heavy (non-hydrogen) atoms. The Morgan fingerprint density at radius 2 is 0.667 bits per heavy atom. The molecule has 0 aliphatic rings. The van der Waals surface area contributed by atoms with E-state index in [9.17, 15) is 0 Å². The predicted octanol–water partition coefficient (Wildman–Crippen LogP) is -0.364. The van der Waals surface area contributed by atoms with E-state index in [0.717, 1.165) is 0 Å². The molecule has 0 heterocycles. The molecular weight excluding hydrogens is 349 g/mol. The van der Waals surface area contributed by atoms with E-state index in [4.69, 9.17) is 0 Å². The van der Waals surface area contributed by atoms with E-state index in [1.54, 1.807) is 0 Å². The quantitative estimate of drug-likeness (QED) is 0.535. The van der Waals surface area contributed by atoms with Gasteiger partial charge < -0.3 is 16.4 Å². The van der Waals surface area contributed by atoms with Crippen LogP contribution in [0.3, 0.4) is 0 Å². The summed E-state index contributed by atoms with van der Waals surface area (Å²) in [7, 11) is 0. The monoisotopic (exact) mass is 349 g/mol. The van der Waals surface area contributed by atoms with Crippen LogP contribution in [0, 0.1) is 0 Å². The van der Waals surface area contributed by atoms with Gasteiger partial charge in [0, 0.05) is 33.3 Å². The molecule has 0 aromatic carbocycles. The van der Waals surface area contributed by atoms with E-state index in [1.807, 2.05) is 0 Å². The first-order valence-corrected chi connectivity index (χ1v) is 0. The Morgan fingerprint density at radius 3 is 0.667 bits per heavy atom. The molecule has 0 saturated carbocycles. The Labute approximate surface area is 70.6 Å². The van der Waals surface area contributed by atoms with E-state index in [2.05, 4.69) is 0 Å². The Hall–Kier alpha value is 1.57. The van der Waals surface area contributed by atoms with E-state index in [-0.39, 0.29) is 70.8 Å². The molecule has 0 aromatic rings. The fraction of sp³-hybridized carbons (Fsp3) is 0. The number of hydrogen-bond donors (Lipinski definition) is 0. The Bertz CT molecular complexity index is 10.8. The average Bonchev–Trinajstić information content (AvgIpc) is 0. The molecule has 1 radical (unpaired) electrons. The van der Waals surface area contributed by atoms with Crippen LogP contribution in [-0.4, -0.2) is 0 Å². The Balaban J connectivity index is 0. The van der Waals surface area contributed by atoms with Crippen molar-refractivity contribution >= 4 is 0 Å². The van der Waals surface area contributed by atoms with Crippen molar-refractivity contribution in [3.05, 3.63) is 0 Å². The second-order valence-electron chi connectivity index (χ2n) is 0. The van der Waals surface area contributed by atoms with E-state index >= 15 is 0 Å². The molecule has 6 heteroatoms. The minimum Gasteiger partial charge on any atom is -2.00 e. The normalized spacial score (nSPS) is 0. The molecule has 3 nitrogen and oxygen atoms in total. The van der Waals surface area contributed by atoms with Gasteiger partial charge in [-0.3, -0.25) is 0 Å². The van der Waals surface area contributed by atoms with Crippen molar-refractivity contribution in [2.24, 2.45) is 0 Å². The fourth-order valence-corrected chi connectivity index (χ4v) is 0. The molecule has 0 amide bonds. The maximum atomic E-state index is 0. The molecule has 0 aliphatic heterocycles. The standard InChI is InChI=1S/Co.Ni.3O.W/q;;3*-2;+6. The Kier molecular flexibility index (Phi) is 1830. The summed E-state index contributed by atoms with van der Waals surface area (Å²) in [6, 6.07) is 0. The summed E-state index contributed by atoms with van der Waals surface area (Å²) in [6.45, 7) is 0. The van der Waals surface area contributed by atoms with Crippen molar-refractivity contribution in [3.63, 3.8) is 0 Å². The average molecular weight is 349 g/mol. The van der Waals surface area contributed by atoms with E-state index in [1.165, 1.54) is 0 Å². The van der Waals surface area contributed by atoms with Gasteiger partial charge in [-0.2, -0.15) is 0 Å². The summed E-state index contributed by atoms with van der Waals surface area (Å²) in [5.74, 6) is 0. The van der Waals surface area contributed by atoms with Crippen LogP contribution < -0.4 is 0 Å². The molecule has 0 unspecified atom stereocenters. The third-order valence-corrected chi connectivity index (χ3v) is 0. The molecule has 0 fully saturated rings. The Morgan fingerprint density at radius 1 is 0.667 bits per heavy atom. The van der Waals surface area contributed by atoms with Gasteiger partial charge in [-0.25, -0.2) is 0 Å². The first kappa shape index (κ1) is 133. The summed E-state index contributed by atoms with van der Waals surface area (Å²) in [4.78, 5) is 0. The maximum absolute atomic E-state index is 0. The molecule has 0 saturated heterocycles. The third kappa shape index (κ3) is 47.2. The van der Waals surface area contributed by atoms with E-state index in [0.29, 0.717) is 0 Å². The largest absolute Gasteiger partial charge is 6.00 e. The summed E-state index contributed by atoms with van der Waals surface area (Å²) >= 11 is 0. The van der Waals surface area contributed by atoms with Crippen molar-refractivity contribution < 1.29 is 70.8 Å². The summed E-state index contributed by atoms with van der Waals surface area (Å²) in [5.41, 5.74) is 0. The minimum absolute atomic E-state index is 0. The molecule has 0 atom stereocenters. The van der Waals surface area contributed by atoms with Crippen molar-refractivity contribution in [1.29, 1.82) is 0 Å². The van der Waals surface area contributed by atoms with Crippen molar-refractivity contribution in [1.82, 2.24) is 0 Å². The van der Waals surface area contributed by atoms with Crippen LogP contribution in [0.4, 0.5) is 0 Å².